The lowest BCUT2D eigenvalue weighted by Gasteiger charge is -2.36. The SMILES string of the molecule is Cn1nc(CCC(=O)NCCCN2CCN(c3ccc(F)cc3)CC2)c2c1CCOC2. The Labute approximate surface area is 183 Å². The van der Waals surface area contributed by atoms with Gasteiger partial charge < -0.3 is 15.0 Å². The molecule has 0 bridgehead atoms. The number of amides is 1. The van der Waals surface area contributed by atoms with Crippen LogP contribution in [0.4, 0.5) is 10.1 Å². The molecule has 0 spiro atoms. The summed E-state index contributed by atoms with van der Waals surface area (Å²) < 4.78 is 20.6. The molecular weight excluding hydrogens is 397 g/mol. The highest BCUT2D eigenvalue weighted by atomic mass is 19.1. The van der Waals surface area contributed by atoms with Crippen molar-refractivity contribution in [3.63, 3.8) is 0 Å². The number of anilines is 1. The summed E-state index contributed by atoms with van der Waals surface area (Å²) in [6, 6.07) is 6.71. The summed E-state index contributed by atoms with van der Waals surface area (Å²) in [7, 11) is 1.97. The fourth-order valence-electron chi connectivity index (χ4n) is 4.42. The maximum Gasteiger partial charge on any atom is 0.220 e. The molecule has 0 unspecified atom stereocenters. The van der Waals surface area contributed by atoms with Crippen LogP contribution in [0, 0.1) is 5.82 Å². The second-order valence-corrected chi connectivity index (χ2v) is 8.31. The van der Waals surface area contributed by atoms with Crippen LogP contribution in [-0.4, -0.2) is 66.5 Å². The Balaban J connectivity index is 1.11. The van der Waals surface area contributed by atoms with Gasteiger partial charge in [-0.25, -0.2) is 4.39 Å². The summed E-state index contributed by atoms with van der Waals surface area (Å²) in [5.41, 5.74) is 4.47. The molecule has 3 heterocycles. The molecule has 168 valence electrons. The Morgan fingerprint density at radius 2 is 1.97 bits per heavy atom. The van der Waals surface area contributed by atoms with Crippen molar-refractivity contribution >= 4 is 11.6 Å². The number of rotatable bonds is 8. The average Bonchev–Trinajstić information content (AvgIpc) is 3.12. The Morgan fingerprint density at radius 1 is 1.19 bits per heavy atom. The van der Waals surface area contributed by atoms with E-state index in [1.165, 1.54) is 23.4 Å². The normalized spacial score (nSPS) is 16.9. The maximum absolute atomic E-state index is 13.1. The molecule has 2 aromatic rings. The van der Waals surface area contributed by atoms with Gasteiger partial charge in [0.15, 0.2) is 0 Å². The molecule has 31 heavy (non-hydrogen) atoms. The molecule has 1 aromatic heterocycles. The highest BCUT2D eigenvalue weighted by Gasteiger charge is 2.20. The number of hydrogen-bond acceptors (Lipinski definition) is 5. The molecular formula is C23H32FN5O2. The van der Waals surface area contributed by atoms with Crippen molar-refractivity contribution in [2.24, 2.45) is 7.05 Å². The van der Waals surface area contributed by atoms with Gasteiger partial charge in [0, 0.05) is 76.0 Å². The van der Waals surface area contributed by atoms with Crippen LogP contribution in [0.15, 0.2) is 24.3 Å². The van der Waals surface area contributed by atoms with E-state index in [9.17, 15) is 9.18 Å². The van der Waals surface area contributed by atoms with Gasteiger partial charge in [-0.15, -0.1) is 0 Å². The lowest BCUT2D eigenvalue weighted by molar-refractivity contribution is -0.121. The Kier molecular flexibility index (Phi) is 7.19. The van der Waals surface area contributed by atoms with E-state index in [0.717, 1.165) is 63.6 Å². The number of carbonyl (C=O) groups excluding carboxylic acids is 1. The van der Waals surface area contributed by atoms with Crippen LogP contribution in [0.5, 0.6) is 0 Å². The van der Waals surface area contributed by atoms with Crippen molar-refractivity contribution in [3.8, 4) is 0 Å². The molecule has 0 atom stereocenters. The number of benzene rings is 1. The molecule has 1 N–H and O–H groups in total. The zero-order valence-corrected chi connectivity index (χ0v) is 18.3. The van der Waals surface area contributed by atoms with Crippen molar-refractivity contribution in [1.82, 2.24) is 20.0 Å². The summed E-state index contributed by atoms with van der Waals surface area (Å²) >= 11 is 0. The average molecular weight is 430 g/mol. The Hall–Kier alpha value is -2.45. The molecule has 1 amide bonds. The lowest BCUT2D eigenvalue weighted by Crippen LogP contribution is -2.47. The summed E-state index contributed by atoms with van der Waals surface area (Å²) in [6.07, 6.45) is 2.95. The zero-order chi connectivity index (χ0) is 21.6. The second kappa shape index (κ2) is 10.2. The molecule has 1 saturated heterocycles. The van der Waals surface area contributed by atoms with Gasteiger partial charge in [-0.05, 0) is 37.2 Å². The molecule has 8 heteroatoms. The topological polar surface area (TPSA) is 62.6 Å². The molecule has 1 fully saturated rings. The number of fused-ring (bicyclic) bond motifs is 1. The monoisotopic (exact) mass is 429 g/mol. The summed E-state index contributed by atoms with van der Waals surface area (Å²) in [5, 5.41) is 7.62. The Bertz CT molecular complexity index is 875. The van der Waals surface area contributed by atoms with Crippen molar-refractivity contribution in [2.75, 3.05) is 50.8 Å². The minimum Gasteiger partial charge on any atom is -0.376 e. The third-order valence-electron chi connectivity index (χ3n) is 6.21. The molecule has 1 aromatic carbocycles. The van der Waals surface area contributed by atoms with Gasteiger partial charge in [-0.3, -0.25) is 14.4 Å². The highest BCUT2D eigenvalue weighted by Crippen LogP contribution is 2.21. The first kappa shape index (κ1) is 21.8. The van der Waals surface area contributed by atoms with Gasteiger partial charge in [0.25, 0.3) is 0 Å². The molecule has 7 nitrogen and oxygen atoms in total. The van der Waals surface area contributed by atoms with Crippen LogP contribution in [0.2, 0.25) is 0 Å². The minimum absolute atomic E-state index is 0.0808. The van der Waals surface area contributed by atoms with Crippen LogP contribution in [-0.2, 0) is 36.0 Å². The molecule has 4 rings (SSSR count). The number of hydrogen-bond donors (Lipinski definition) is 1. The van der Waals surface area contributed by atoms with E-state index >= 15 is 0 Å². The highest BCUT2D eigenvalue weighted by molar-refractivity contribution is 5.76. The number of aryl methyl sites for hydroxylation is 2. The van der Waals surface area contributed by atoms with Gasteiger partial charge in [0.1, 0.15) is 5.82 Å². The second-order valence-electron chi connectivity index (χ2n) is 8.31. The number of piperazine rings is 1. The fourth-order valence-corrected chi connectivity index (χ4v) is 4.42. The summed E-state index contributed by atoms with van der Waals surface area (Å²) in [6.45, 7) is 6.87. The van der Waals surface area contributed by atoms with Gasteiger partial charge >= 0.3 is 0 Å². The number of carbonyl (C=O) groups is 1. The van der Waals surface area contributed by atoms with E-state index in [1.54, 1.807) is 0 Å². The summed E-state index contributed by atoms with van der Waals surface area (Å²) in [4.78, 5) is 17.0. The zero-order valence-electron chi connectivity index (χ0n) is 18.3. The predicted octanol–water partition coefficient (Wildman–Crippen LogP) is 1.89. The maximum atomic E-state index is 13.1. The quantitative estimate of drug-likeness (QED) is 0.650. The third kappa shape index (κ3) is 5.62. The first-order valence-electron chi connectivity index (χ1n) is 11.2. The van der Waals surface area contributed by atoms with Crippen LogP contribution < -0.4 is 10.2 Å². The van der Waals surface area contributed by atoms with Crippen LogP contribution >= 0.6 is 0 Å². The van der Waals surface area contributed by atoms with Gasteiger partial charge in [0.2, 0.25) is 5.91 Å². The lowest BCUT2D eigenvalue weighted by atomic mass is 10.1. The third-order valence-corrected chi connectivity index (χ3v) is 6.21. The van der Waals surface area contributed by atoms with Crippen molar-refractivity contribution in [1.29, 1.82) is 0 Å². The van der Waals surface area contributed by atoms with Crippen LogP contribution in [0.3, 0.4) is 0 Å². The van der Waals surface area contributed by atoms with Crippen molar-refractivity contribution in [2.45, 2.75) is 32.3 Å². The van der Waals surface area contributed by atoms with E-state index in [1.807, 2.05) is 23.9 Å². The van der Waals surface area contributed by atoms with Gasteiger partial charge in [-0.1, -0.05) is 0 Å². The van der Waals surface area contributed by atoms with E-state index in [0.29, 0.717) is 26.0 Å². The standard InChI is InChI=1S/C23H32FN5O2/c1-27-22-9-16-31-17-20(22)21(26-27)7-8-23(30)25-10-2-11-28-12-14-29(15-13-28)19-5-3-18(24)4-6-19/h3-6H,2,7-17H2,1H3,(H,25,30). The fraction of sp³-hybridized carbons (Fsp3) is 0.565. The number of nitrogens with one attached hydrogen (secondary N) is 1. The number of halogens is 1. The van der Waals surface area contributed by atoms with Gasteiger partial charge in [0.05, 0.1) is 18.9 Å². The summed E-state index contributed by atoms with van der Waals surface area (Å²) in [5.74, 6) is -0.116. The number of ether oxygens (including phenoxy) is 1. The molecule has 0 radical (unpaired) electrons. The Morgan fingerprint density at radius 3 is 2.74 bits per heavy atom. The largest absolute Gasteiger partial charge is 0.376 e. The van der Waals surface area contributed by atoms with E-state index in [2.05, 4.69) is 20.2 Å². The molecule has 0 aliphatic carbocycles. The molecule has 0 saturated carbocycles. The smallest absolute Gasteiger partial charge is 0.220 e. The minimum atomic E-state index is -0.196. The van der Waals surface area contributed by atoms with E-state index in [-0.39, 0.29) is 11.7 Å². The van der Waals surface area contributed by atoms with Crippen LogP contribution in [0.1, 0.15) is 29.8 Å². The molecule has 2 aliphatic rings. The molecule has 2 aliphatic heterocycles. The predicted molar refractivity (Wildman–Crippen MR) is 118 cm³/mol. The first-order valence-corrected chi connectivity index (χ1v) is 11.2. The van der Waals surface area contributed by atoms with E-state index in [4.69, 9.17) is 4.74 Å². The van der Waals surface area contributed by atoms with E-state index < -0.39 is 0 Å². The van der Waals surface area contributed by atoms with Gasteiger partial charge in [-0.2, -0.15) is 5.10 Å². The number of aromatic nitrogens is 2. The van der Waals surface area contributed by atoms with Crippen LogP contribution in [0.25, 0.3) is 0 Å². The first-order chi connectivity index (χ1) is 15.1. The number of nitrogens with zero attached hydrogens (tertiary/aromatic N) is 4. The van der Waals surface area contributed by atoms with Crippen molar-refractivity contribution < 1.29 is 13.9 Å². The van der Waals surface area contributed by atoms with Crippen molar-refractivity contribution in [3.05, 3.63) is 47.0 Å².